The summed E-state index contributed by atoms with van der Waals surface area (Å²) in [5, 5.41) is 5.80. The zero-order valence-corrected chi connectivity index (χ0v) is 15.3. The van der Waals surface area contributed by atoms with E-state index in [0.29, 0.717) is 13.0 Å². The smallest absolute Gasteiger partial charge is 0.228 e. The van der Waals surface area contributed by atoms with E-state index in [2.05, 4.69) is 31.4 Å². The van der Waals surface area contributed by atoms with Crippen molar-refractivity contribution in [1.82, 2.24) is 10.2 Å². The van der Waals surface area contributed by atoms with Crippen molar-refractivity contribution in [2.24, 2.45) is 11.8 Å². The Kier molecular flexibility index (Phi) is 5.65. The molecule has 2 amide bonds. The second-order valence-corrected chi connectivity index (χ2v) is 7.86. The summed E-state index contributed by atoms with van der Waals surface area (Å²) in [7, 11) is 3.93. The van der Waals surface area contributed by atoms with Gasteiger partial charge in [0.25, 0.3) is 0 Å². The van der Waals surface area contributed by atoms with Crippen molar-refractivity contribution in [2.75, 3.05) is 32.5 Å². The van der Waals surface area contributed by atoms with E-state index in [1.165, 1.54) is 5.56 Å². The number of anilines is 1. The van der Waals surface area contributed by atoms with E-state index in [0.717, 1.165) is 12.2 Å². The predicted molar refractivity (Wildman–Crippen MR) is 96.9 cm³/mol. The van der Waals surface area contributed by atoms with Gasteiger partial charge in [-0.15, -0.1) is 0 Å². The number of nitrogens with one attached hydrogen (secondary N) is 2. The fourth-order valence-corrected chi connectivity index (χ4v) is 2.60. The molecule has 5 heteroatoms. The van der Waals surface area contributed by atoms with Crippen LogP contribution in [0.2, 0.25) is 0 Å². The highest BCUT2D eigenvalue weighted by Gasteiger charge is 2.47. The molecule has 24 heavy (non-hydrogen) atoms. The summed E-state index contributed by atoms with van der Waals surface area (Å²) in [5.41, 5.74) is 2.10. The summed E-state index contributed by atoms with van der Waals surface area (Å²) in [6, 6.07) is 7.92. The van der Waals surface area contributed by atoms with E-state index >= 15 is 0 Å². The van der Waals surface area contributed by atoms with Gasteiger partial charge in [-0.25, -0.2) is 0 Å². The first-order valence-corrected chi connectivity index (χ1v) is 8.52. The maximum Gasteiger partial charge on any atom is 0.228 e. The van der Waals surface area contributed by atoms with Gasteiger partial charge in [-0.1, -0.05) is 32.9 Å². The quantitative estimate of drug-likeness (QED) is 0.840. The molecule has 1 fully saturated rings. The number of benzene rings is 1. The third-order valence-electron chi connectivity index (χ3n) is 4.34. The summed E-state index contributed by atoms with van der Waals surface area (Å²) in [4.78, 5) is 26.3. The topological polar surface area (TPSA) is 61.4 Å². The van der Waals surface area contributed by atoms with Gasteiger partial charge in [0.05, 0.1) is 11.8 Å². The Bertz CT molecular complexity index is 588. The number of amides is 2. The van der Waals surface area contributed by atoms with Crippen molar-refractivity contribution in [3.63, 3.8) is 0 Å². The fraction of sp³-hybridized carbons (Fsp3) is 0.579. The summed E-state index contributed by atoms with van der Waals surface area (Å²) in [6.07, 6.45) is 0.639. The van der Waals surface area contributed by atoms with E-state index in [9.17, 15) is 9.59 Å². The lowest BCUT2D eigenvalue weighted by Crippen LogP contribution is -2.33. The first-order valence-electron chi connectivity index (χ1n) is 8.52. The third-order valence-corrected chi connectivity index (χ3v) is 4.34. The van der Waals surface area contributed by atoms with Crippen LogP contribution in [0, 0.1) is 11.8 Å². The molecule has 1 aromatic carbocycles. The van der Waals surface area contributed by atoms with Crippen LogP contribution in [0.5, 0.6) is 0 Å². The largest absolute Gasteiger partial charge is 0.355 e. The van der Waals surface area contributed by atoms with Crippen LogP contribution < -0.4 is 10.6 Å². The zero-order valence-electron chi connectivity index (χ0n) is 15.3. The van der Waals surface area contributed by atoms with Crippen LogP contribution in [-0.2, 0) is 15.0 Å². The molecule has 2 N–H and O–H groups in total. The number of rotatable bonds is 6. The Hall–Kier alpha value is -1.88. The van der Waals surface area contributed by atoms with Gasteiger partial charge in [-0.2, -0.15) is 0 Å². The van der Waals surface area contributed by atoms with Crippen LogP contribution in [0.15, 0.2) is 24.3 Å². The molecular weight excluding hydrogens is 302 g/mol. The van der Waals surface area contributed by atoms with Crippen LogP contribution in [0.1, 0.15) is 32.8 Å². The van der Waals surface area contributed by atoms with E-state index in [1.54, 1.807) is 0 Å². The molecule has 0 radical (unpaired) electrons. The Labute approximate surface area is 144 Å². The Morgan fingerprint density at radius 3 is 2.21 bits per heavy atom. The van der Waals surface area contributed by atoms with Crippen molar-refractivity contribution in [1.29, 1.82) is 0 Å². The minimum atomic E-state index is -0.202. The molecule has 0 spiro atoms. The van der Waals surface area contributed by atoms with Gasteiger partial charge in [-0.3, -0.25) is 9.59 Å². The molecule has 0 aromatic heterocycles. The Morgan fingerprint density at radius 2 is 1.67 bits per heavy atom. The maximum absolute atomic E-state index is 12.3. The number of likely N-dealkylation sites (N-methyl/N-ethyl adjacent to an activating group) is 1. The van der Waals surface area contributed by atoms with Crippen molar-refractivity contribution >= 4 is 17.5 Å². The summed E-state index contributed by atoms with van der Waals surface area (Å²) < 4.78 is 0. The fourth-order valence-electron chi connectivity index (χ4n) is 2.60. The average Bonchev–Trinajstić information content (AvgIpc) is 3.27. The first-order chi connectivity index (χ1) is 11.2. The molecule has 1 saturated carbocycles. The summed E-state index contributed by atoms with van der Waals surface area (Å²) in [5.74, 6) is -0.459. The van der Waals surface area contributed by atoms with E-state index in [-0.39, 0.29) is 29.1 Å². The maximum atomic E-state index is 12.3. The van der Waals surface area contributed by atoms with Crippen LogP contribution >= 0.6 is 0 Å². The molecule has 2 rings (SSSR count). The lowest BCUT2D eigenvalue weighted by molar-refractivity contribution is -0.125. The van der Waals surface area contributed by atoms with Crippen LogP contribution in [0.4, 0.5) is 5.69 Å². The van der Waals surface area contributed by atoms with Gasteiger partial charge in [-0.05, 0) is 43.6 Å². The minimum Gasteiger partial charge on any atom is -0.355 e. The summed E-state index contributed by atoms with van der Waals surface area (Å²) in [6.45, 7) is 7.89. The van der Waals surface area contributed by atoms with Gasteiger partial charge in [0.1, 0.15) is 0 Å². The van der Waals surface area contributed by atoms with Crippen LogP contribution in [-0.4, -0.2) is 43.9 Å². The third kappa shape index (κ3) is 5.06. The second-order valence-electron chi connectivity index (χ2n) is 7.86. The van der Waals surface area contributed by atoms with E-state index in [4.69, 9.17) is 0 Å². The van der Waals surface area contributed by atoms with Crippen molar-refractivity contribution in [3.05, 3.63) is 29.8 Å². The Morgan fingerprint density at radius 1 is 1.08 bits per heavy atom. The van der Waals surface area contributed by atoms with Gasteiger partial charge in [0, 0.05) is 18.8 Å². The number of hydrogen-bond acceptors (Lipinski definition) is 3. The number of nitrogens with zero attached hydrogens (tertiary/aromatic N) is 1. The normalized spacial score (nSPS) is 19.9. The van der Waals surface area contributed by atoms with Gasteiger partial charge >= 0.3 is 0 Å². The summed E-state index contributed by atoms with van der Waals surface area (Å²) >= 11 is 0. The molecule has 5 nitrogen and oxygen atoms in total. The van der Waals surface area contributed by atoms with Crippen LogP contribution in [0.3, 0.4) is 0 Å². The molecule has 2 atom stereocenters. The van der Waals surface area contributed by atoms with Crippen molar-refractivity contribution in [2.45, 2.75) is 32.6 Å². The molecule has 0 heterocycles. The molecule has 0 aliphatic heterocycles. The Balaban J connectivity index is 1.81. The number of carbonyl (C=O) groups excluding carboxylic acids is 2. The number of hydrogen-bond donors (Lipinski definition) is 2. The predicted octanol–water partition coefficient (Wildman–Crippen LogP) is 2.24. The number of carbonyl (C=O) groups is 2. The molecule has 1 aliphatic carbocycles. The highest BCUT2D eigenvalue weighted by Crippen LogP contribution is 2.39. The molecule has 132 valence electrons. The SMILES string of the molecule is CN(C)CCNC(=O)C1CC1C(=O)Nc1ccc(C(C)(C)C)cc1. The van der Waals surface area contributed by atoms with Crippen molar-refractivity contribution in [3.8, 4) is 0 Å². The lowest BCUT2D eigenvalue weighted by atomic mass is 9.87. The molecule has 1 aromatic rings. The molecular formula is C19H29N3O2. The monoisotopic (exact) mass is 331 g/mol. The first kappa shape index (κ1) is 18.5. The standard InChI is InChI=1S/C19H29N3O2/c1-19(2,3)13-6-8-14(9-7-13)21-18(24)16-12-15(16)17(23)20-10-11-22(4)5/h6-9,15-16H,10-12H2,1-5H3,(H,20,23)(H,21,24). The molecule has 1 aliphatic rings. The zero-order chi connectivity index (χ0) is 17.9. The molecule has 0 bridgehead atoms. The van der Waals surface area contributed by atoms with Crippen molar-refractivity contribution < 1.29 is 9.59 Å². The molecule has 0 saturated heterocycles. The van der Waals surface area contributed by atoms with Gasteiger partial charge < -0.3 is 15.5 Å². The second kappa shape index (κ2) is 7.34. The van der Waals surface area contributed by atoms with Gasteiger partial charge in [0.2, 0.25) is 11.8 Å². The van der Waals surface area contributed by atoms with E-state index in [1.807, 2.05) is 43.3 Å². The lowest BCUT2D eigenvalue weighted by Gasteiger charge is -2.19. The van der Waals surface area contributed by atoms with Gasteiger partial charge in [0.15, 0.2) is 0 Å². The average molecular weight is 331 g/mol. The highest BCUT2D eigenvalue weighted by molar-refractivity contribution is 5.99. The minimum absolute atomic E-state index is 0.0138. The highest BCUT2D eigenvalue weighted by atomic mass is 16.2. The van der Waals surface area contributed by atoms with E-state index < -0.39 is 0 Å². The van der Waals surface area contributed by atoms with Crippen LogP contribution in [0.25, 0.3) is 0 Å². The molecule has 2 unspecified atom stereocenters.